The summed E-state index contributed by atoms with van der Waals surface area (Å²) < 4.78 is 10.3. The summed E-state index contributed by atoms with van der Waals surface area (Å²) in [5, 5.41) is 2.35. The van der Waals surface area contributed by atoms with Crippen LogP contribution in [0, 0.1) is 0 Å². The number of carbonyl (C=O) groups is 2. The number of amidine groups is 1. The smallest absolute Gasteiger partial charge is 0.262 e. The Morgan fingerprint density at radius 2 is 2.10 bits per heavy atom. The third kappa shape index (κ3) is 3.66. The molecule has 0 saturated heterocycles. The number of ether oxygens (including phenoxy) is 2. The van der Waals surface area contributed by atoms with Gasteiger partial charge in [-0.15, -0.1) is 0 Å². The lowest BCUT2D eigenvalue weighted by Gasteiger charge is -2.11. The maximum atomic E-state index is 11.9. The first-order valence-corrected chi connectivity index (χ1v) is 6.98. The Kier molecular flexibility index (Phi) is 4.69. The average Bonchev–Trinajstić information content (AvgIpc) is 2.76. The number of hydrogen-bond acceptors (Lipinski definition) is 6. The number of anilines is 1. The molecule has 21 heavy (non-hydrogen) atoms. The first-order valence-electron chi connectivity index (χ1n) is 6.10. The minimum atomic E-state index is -0.551. The van der Waals surface area contributed by atoms with Crippen LogP contribution in [-0.2, 0) is 9.59 Å². The average molecular weight is 309 g/mol. The van der Waals surface area contributed by atoms with Crippen LogP contribution in [-0.4, -0.2) is 36.5 Å². The quantitative estimate of drug-likeness (QED) is 0.840. The van der Waals surface area contributed by atoms with Crippen LogP contribution in [0.1, 0.15) is 6.42 Å². The number of carbonyl (C=O) groups excluding carboxylic acids is 2. The van der Waals surface area contributed by atoms with Crippen molar-refractivity contribution in [3.05, 3.63) is 18.2 Å². The second kappa shape index (κ2) is 6.49. The molecule has 1 aromatic carbocycles. The Morgan fingerprint density at radius 3 is 2.67 bits per heavy atom. The second-order valence-electron chi connectivity index (χ2n) is 4.22. The predicted octanol–water partition coefficient (Wildman–Crippen LogP) is 0.989. The van der Waals surface area contributed by atoms with Crippen molar-refractivity contribution in [3.8, 4) is 11.5 Å². The molecule has 1 atom stereocenters. The van der Waals surface area contributed by atoms with Gasteiger partial charge in [-0.05, 0) is 12.1 Å². The van der Waals surface area contributed by atoms with Crippen molar-refractivity contribution in [1.29, 1.82) is 0 Å². The number of nitrogens with two attached hydrogens (primary N) is 1. The number of nitrogens with one attached hydrogen (secondary N) is 1. The summed E-state index contributed by atoms with van der Waals surface area (Å²) in [5.74, 6) is 0.408. The van der Waals surface area contributed by atoms with E-state index in [1.165, 1.54) is 14.2 Å². The van der Waals surface area contributed by atoms with Crippen LogP contribution >= 0.6 is 11.8 Å². The number of benzene rings is 1. The minimum absolute atomic E-state index is 0.0159. The Balaban J connectivity index is 1.98. The lowest BCUT2D eigenvalue weighted by Crippen LogP contribution is -2.21. The summed E-state index contributed by atoms with van der Waals surface area (Å²) in [6.07, 6.45) is 0.0159. The molecule has 112 valence electrons. The molecule has 7 nitrogen and oxygen atoms in total. The van der Waals surface area contributed by atoms with Gasteiger partial charge in [-0.2, -0.15) is 4.99 Å². The Labute approximate surface area is 125 Å². The highest BCUT2D eigenvalue weighted by atomic mass is 32.2. The van der Waals surface area contributed by atoms with E-state index >= 15 is 0 Å². The summed E-state index contributed by atoms with van der Waals surface area (Å²) in [7, 11) is 3.04. The van der Waals surface area contributed by atoms with Crippen LogP contribution in [0.2, 0.25) is 0 Å². The third-order valence-electron chi connectivity index (χ3n) is 2.80. The summed E-state index contributed by atoms with van der Waals surface area (Å²) >= 11 is 1.10. The Hall–Kier alpha value is -2.22. The summed E-state index contributed by atoms with van der Waals surface area (Å²) in [6, 6.07) is 5.02. The van der Waals surface area contributed by atoms with Crippen molar-refractivity contribution in [1.82, 2.24) is 0 Å². The minimum Gasteiger partial charge on any atom is -0.493 e. The Morgan fingerprint density at radius 1 is 1.38 bits per heavy atom. The molecule has 3 N–H and O–H groups in total. The maximum absolute atomic E-state index is 11.9. The van der Waals surface area contributed by atoms with E-state index in [-0.39, 0.29) is 23.4 Å². The molecule has 1 aliphatic heterocycles. The molecule has 1 heterocycles. The number of thioether (sulfide) groups is 1. The Bertz CT molecular complexity index is 603. The van der Waals surface area contributed by atoms with Crippen LogP contribution in [0.4, 0.5) is 5.69 Å². The van der Waals surface area contributed by atoms with Gasteiger partial charge in [0.25, 0.3) is 5.91 Å². The molecule has 1 aliphatic rings. The molecule has 2 amide bonds. The SMILES string of the molecule is COc1ccc(NC(=O)C[C@@H]2SC(N)=NC2=O)cc1OC. The van der Waals surface area contributed by atoms with Gasteiger partial charge in [-0.25, -0.2) is 0 Å². The molecular formula is C13H15N3O4S. The number of aliphatic imine (C=N–C) groups is 1. The van der Waals surface area contributed by atoms with Gasteiger partial charge in [-0.3, -0.25) is 9.59 Å². The van der Waals surface area contributed by atoms with Crippen molar-refractivity contribution in [2.45, 2.75) is 11.7 Å². The van der Waals surface area contributed by atoms with Crippen LogP contribution < -0.4 is 20.5 Å². The van der Waals surface area contributed by atoms with Gasteiger partial charge in [0.1, 0.15) is 5.25 Å². The van der Waals surface area contributed by atoms with Gasteiger partial charge in [0, 0.05) is 18.2 Å². The number of amides is 2. The molecular weight excluding hydrogens is 294 g/mol. The normalized spacial score (nSPS) is 17.3. The molecule has 0 aliphatic carbocycles. The fourth-order valence-corrected chi connectivity index (χ4v) is 2.65. The van der Waals surface area contributed by atoms with E-state index in [1.807, 2.05) is 0 Å². The summed E-state index contributed by atoms with van der Waals surface area (Å²) in [6.45, 7) is 0. The molecule has 1 aromatic rings. The fraction of sp³-hybridized carbons (Fsp3) is 0.308. The fourth-order valence-electron chi connectivity index (χ4n) is 1.83. The summed E-state index contributed by atoms with van der Waals surface area (Å²) in [5.41, 5.74) is 6.00. The van der Waals surface area contributed by atoms with E-state index in [1.54, 1.807) is 18.2 Å². The van der Waals surface area contributed by atoms with E-state index < -0.39 is 5.25 Å². The van der Waals surface area contributed by atoms with Crippen molar-refractivity contribution in [3.63, 3.8) is 0 Å². The third-order valence-corrected chi connectivity index (χ3v) is 3.78. The standard InChI is InChI=1S/C13H15N3O4S/c1-19-8-4-3-7(5-9(8)20-2)15-11(17)6-10-12(18)16-13(14)21-10/h3-5,10H,6H2,1-2H3,(H,15,17)(H2,14,16,18)/t10-/m0/s1. The lowest BCUT2D eigenvalue weighted by molar-refractivity contribution is -0.121. The van der Waals surface area contributed by atoms with E-state index in [2.05, 4.69) is 10.3 Å². The molecule has 0 radical (unpaired) electrons. The first kappa shape index (κ1) is 15.2. The number of methoxy groups -OCH3 is 2. The predicted molar refractivity (Wildman–Crippen MR) is 80.8 cm³/mol. The van der Waals surface area contributed by atoms with Gasteiger partial charge in [0.2, 0.25) is 5.91 Å². The molecule has 0 saturated carbocycles. The molecule has 0 fully saturated rings. The zero-order valence-electron chi connectivity index (χ0n) is 11.6. The molecule has 8 heteroatoms. The second-order valence-corrected chi connectivity index (χ2v) is 5.44. The molecule has 2 rings (SSSR count). The molecule has 0 spiro atoms. The van der Waals surface area contributed by atoms with E-state index in [0.29, 0.717) is 17.2 Å². The van der Waals surface area contributed by atoms with Gasteiger partial charge in [0.15, 0.2) is 16.7 Å². The van der Waals surface area contributed by atoms with Crippen LogP contribution in [0.25, 0.3) is 0 Å². The zero-order chi connectivity index (χ0) is 15.4. The molecule has 0 bridgehead atoms. The highest BCUT2D eigenvalue weighted by molar-refractivity contribution is 8.15. The highest BCUT2D eigenvalue weighted by Gasteiger charge is 2.29. The van der Waals surface area contributed by atoms with Gasteiger partial charge >= 0.3 is 0 Å². The van der Waals surface area contributed by atoms with Gasteiger partial charge < -0.3 is 20.5 Å². The largest absolute Gasteiger partial charge is 0.493 e. The van der Waals surface area contributed by atoms with E-state index in [9.17, 15) is 9.59 Å². The van der Waals surface area contributed by atoms with Gasteiger partial charge in [0.05, 0.1) is 14.2 Å². The number of nitrogens with zero attached hydrogens (tertiary/aromatic N) is 1. The number of hydrogen-bond donors (Lipinski definition) is 2. The maximum Gasteiger partial charge on any atom is 0.262 e. The topological polar surface area (TPSA) is 103 Å². The van der Waals surface area contributed by atoms with Crippen molar-refractivity contribution in [2.24, 2.45) is 10.7 Å². The van der Waals surface area contributed by atoms with Crippen molar-refractivity contribution < 1.29 is 19.1 Å². The van der Waals surface area contributed by atoms with Crippen LogP contribution in [0.15, 0.2) is 23.2 Å². The monoisotopic (exact) mass is 309 g/mol. The first-order chi connectivity index (χ1) is 10.0. The highest BCUT2D eigenvalue weighted by Crippen LogP contribution is 2.30. The van der Waals surface area contributed by atoms with Crippen LogP contribution in [0.5, 0.6) is 11.5 Å². The van der Waals surface area contributed by atoms with Crippen molar-refractivity contribution >= 4 is 34.4 Å². The lowest BCUT2D eigenvalue weighted by atomic mass is 10.2. The molecule has 0 aromatic heterocycles. The van der Waals surface area contributed by atoms with Crippen molar-refractivity contribution in [2.75, 3.05) is 19.5 Å². The van der Waals surface area contributed by atoms with E-state index in [0.717, 1.165) is 11.8 Å². The van der Waals surface area contributed by atoms with E-state index in [4.69, 9.17) is 15.2 Å². The zero-order valence-corrected chi connectivity index (χ0v) is 12.4. The van der Waals surface area contributed by atoms with Gasteiger partial charge in [-0.1, -0.05) is 11.8 Å². The summed E-state index contributed by atoms with van der Waals surface area (Å²) in [4.78, 5) is 27.0. The van der Waals surface area contributed by atoms with Crippen LogP contribution in [0.3, 0.4) is 0 Å². The number of rotatable bonds is 5. The molecule has 0 unspecified atom stereocenters.